The average molecular weight is 429 g/mol. The van der Waals surface area contributed by atoms with Crippen LogP contribution in [0.25, 0.3) is 0 Å². The molecule has 4 fully saturated rings. The summed E-state index contributed by atoms with van der Waals surface area (Å²) in [5.41, 5.74) is 1.80. The molecule has 4 aliphatic rings. The standard InChI is InChI=1S/C28H41FO2/c1-27-15-13-21(30)17-19(27)6-9-22-23-10-11-25(28(23,2)16-14-24(22)27)26(31)12-5-18-3-7-20(29)8-4-18/h3-4,7-8,19,21-26,30-31H,5-6,9-17H2,1-2H3/t19-,21-,22-,23-,24-,25+,26+,27-,28-/m0/s1. The topological polar surface area (TPSA) is 40.5 Å². The second-order valence-electron chi connectivity index (χ2n) is 12.0. The van der Waals surface area contributed by atoms with Gasteiger partial charge in [-0.2, -0.15) is 0 Å². The first-order valence-electron chi connectivity index (χ1n) is 12.9. The van der Waals surface area contributed by atoms with Gasteiger partial charge in [0, 0.05) is 0 Å². The molecule has 4 saturated carbocycles. The Balaban J connectivity index is 1.28. The summed E-state index contributed by atoms with van der Waals surface area (Å²) in [4.78, 5) is 0. The Morgan fingerprint density at radius 1 is 0.935 bits per heavy atom. The minimum Gasteiger partial charge on any atom is -0.393 e. The maximum atomic E-state index is 13.2. The number of halogens is 1. The summed E-state index contributed by atoms with van der Waals surface area (Å²) in [5.74, 6) is 3.29. The van der Waals surface area contributed by atoms with Crippen LogP contribution in [0.3, 0.4) is 0 Å². The highest BCUT2D eigenvalue weighted by atomic mass is 19.1. The van der Waals surface area contributed by atoms with E-state index in [2.05, 4.69) is 13.8 Å². The van der Waals surface area contributed by atoms with E-state index in [0.29, 0.717) is 17.3 Å². The summed E-state index contributed by atoms with van der Waals surface area (Å²) < 4.78 is 13.2. The van der Waals surface area contributed by atoms with Gasteiger partial charge >= 0.3 is 0 Å². The van der Waals surface area contributed by atoms with E-state index in [1.807, 2.05) is 12.1 Å². The van der Waals surface area contributed by atoms with Crippen molar-refractivity contribution in [2.24, 2.45) is 40.4 Å². The van der Waals surface area contributed by atoms with Crippen LogP contribution in [0.4, 0.5) is 4.39 Å². The highest BCUT2D eigenvalue weighted by Crippen LogP contribution is 2.67. The number of fused-ring (bicyclic) bond motifs is 5. The number of hydrogen-bond donors (Lipinski definition) is 2. The van der Waals surface area contributed by atoms with Gasteiger partial charge in [0.15, 0.2) is 0 Å². The second-order valence-corrected chi connectivity index (χ2v) is 12.0. The number of aliphatic hydroxyl groups is 2. The monoisotopic (exact) mass is 428 g/mol. The zero-order valence-electron chi connectivity index (χ0n) is 19.4. The molecule has 2 nitrogen and oxygen atoms in total. The summed E-state index contributed by atoms with van der Waals surface area (Å²) in [6.07, 6.45) is 12.1. The highest BCUT2D eigenvalue weighted by Gasteiger charge is 2.60. The summed E-state index contributed by atoms with van der Waals surface area (Å²) in [6, 6.07) is 6.76. The van der Waals surface area contributed by atoms with Crippen LogP contribution >= 0.6 is 0 Å². The third-order valence-corrected chi connectivity index (χ3v) is 10.8. The number of aryl methyl sites for hydroxylation is 1. The Bertz CT molecular complexity index is 778. The van der Waals surface area contributed by atoms with Crippen LogP contribution in [0.15, 0.2) is 24.3 Å². The van der Waals surface area contributed by atoms with Crippen molar-refractivity contribution in [3.8, 4) is 0 Å². The lowest BCUT2D eigenvalue weighted by Gasteiger charge is -2.61. The van der Waals surface area contributed by atoms with Gasteiger partial charge in [-0.15, -0.1) is 0 Å². The van der Waals surface area contributed by atoms with Crippen LogP contribution in [0.2, 0.25) is 0 Å². The van der Waals surface area contributed by atoms with Crippen LogP contribution in [-0.2, 0) is 6.42 Å². The Labute approximate surface area is 187 Å². The van der Waals surface area contributed by atoms with Gasteiger partial charge in [0.2, 0.25) is 0 Å². The van der Waals surface area contributed by atoms with Crippen molar-refractivity contribution >= 4 is 0 Å². The Kier molecular flexibility index (Phi) is 5.74. The van der Waals surface area contributed by atoms with E-state index in [0.717, 1.165) is 55.4 Å². The predicted octanol–water partition coefficient (Wildman–Crippen LogP) is 6.14. The van der Waals surface area contributed by atoms with Gasteiger partial charge in [-0.05, 0) is 129 Å². The molecule has 5 rings (SSSR count). The van der Waals surface area contributed by atoms with Gasteiger partial charge < -0.3 is 10.2 Å². The Morgan fingerprint density at radius 3 is 2.42 bits per heavy atom. The Morgan fingerprint density at radius 2 is 1.65 bits per heavy atom. The summed E-state index contributed by atoms with van der Waals surface area (Å²) in [6.45, 7) is 5.04. The van der Waals surface area contributed by atoms with E-state index in [4.69, 9.17) is 0 Å². The smallest absolute Gasteiger partial charge is 0.123 e. The molecule has 0 aromatic heterocycles. The predicted molar refractivity (Wildman–Crippen MR) is 122 cm³/mol. The van der Waals surface area contributed by atoms with Crippen molar-refractivity contribution in [3.63, 3.8) is 0 Å². The fraction of sp³-hybridized carbons (Fsp3) is 0.786. The van der Waals surface area contributed by atoms with E-state index in [1.54, 1.807) is 0 Å². The third kappa shape index (κ3) is 3.68. The lowest BCUT2D eigenvalue weighted by Crippen LogP contribution is -2.54. The minimum absolute atomic E-state index is 0.0735. The van der Waals surface area contributed by atoms with Crippen LogP contribution in [0.5, 0.6) is 0 Å². The molecule has 1 aromatic rings. The molecule has 0 amide bonds. The molecule has 0 bridgehead atoms. The van der Waals surface area contributed by atoms with Crippen molar-refractivity contribution in [3.05, 3.63) is 35.6 Å². The first-order chi connectivity index (χ1) is 14.8. The van der Waals surface area contributed by atoms with E-state index in [-0.39, 0.29) is 23.4 Å². The van der Waals surface area contributed by atoms with Gasteiger partial charge in [-0.25, -0.2) is 4.39 Å². The lowest BCUT2D eigenvalue weighted by molar-refractivity contribution is -0.133. The maximum absolute atomic E-state index is 13.2. The van der Waals surface area contributed by atoms with Crippen LogP contribution in [-0.4, -0.2) is 22.4 Å². The molecule has 31 heavy (non-hydrogen) atoms. The molecule has 3 heteroatoms. The van der Waals surface area contributed by atoms with Crippen molar-refractivity contribution in [1.29, 1.82) is 0 Å². The molecule has 9 atom stereocenters. The second kappa shape index (κ2) is 8.13. The average Bonchev–Trinajstić information content (AvgIpc) is 3.11. The summed E-state index contributed by atoms with van der Waals surface area (Å²) in [5, 5.41) is 21.5. The summed E-state index contributed by atoms with van der Waals surface area (Å²) in [7, 11) is 0. The number of benzene rings is 1. The molecular formula is C28H41FO2. The largest absolute Gasteiger partial charge is 0.393 e. The van der Waals surface area contributed by atoms with E-state index in [9.17, 15) is 14.6 Å². The van der Waals surface area contributed by atoms with Crippen LogP contribution in [0.1, 0.15) is 83.6 Å². The zero-order valence-corrected chi connectivity index (χ0v) is 19.4. The van der Waals surface area contributed by atoms with Crippen LogP contribution < -0.4 is 0 Å². The highest BCUT2D eigenvalue weighted by molar-refractivity contribution is 5.16. The zero-order chi connectivity index (χ0) is 21.8. The van der Waals surface area contributed by atoms with Gasteiger partial charge in [0.1, 0.15) is 5.82 Å². The maximum Gasteiger partial charge on any atom is 0.123 e. The molecule has 0 saturated heterocycles. The molecule has 0 spiro atoms. The molecule has 0 radical (unpaired) electrons. The fourth-order valence-electron chi connectivity index (χ4n) is 9.07. The normalized spacial score (nSPS) is 45.5. The SMILES string of the molecule is C[C@]12CC[C@H](O)C[C@@H]1CC[C@@H]1[C@@H]2CC[C@]2(C)[C@@H]([C@H](O)CCc3ccc(F)cc3)CC[C@@H]12. The molecule has 172 valence electrons. The molecule has 0 heterocycles. The summed E-state index contributed by atoms with van der Waals surface area (Å²) >= 11 is 0. The minimum atomic E-state index is -0.256. The molecule has 0 aliphatic heterocycles. The fourth-order valence-corrected chi connectivity index (χ4v) is 9.07. The van der Waals surface area contributed by atoms with Crippen molar-refractivity contribution in [1.82, 2.24) is 0 Å². The quantitative estimate of drug-likeness (QED) is 0.605. The van der Waals surface area contributed by atoms with Crippen molar-refractivity contribution in [2.45, 2.75) is 96.7 Å². The van der Waals surface area contributed by atoms with Gasteiger partial charge in [-0.3, -0.25) is 0 Å². The Hall–Kier alpha value is -0.930. The molecule has 4 aliphatic carbocycles. The number of aliphatic hydroxyl groups excluding tert-OH is 2. The lowest BCUT2D eigenvalue weighted by atomic mass is 9.44. The molecule has 2 N–H and O–H groups in total. The van der Waals surface area contributed by atoms with Crippen LogP contribution in [0, 0.1) is 46.2 Å². The van der Waals surface area contributed by atoms with E-state index < -0.39 is 0 Å². The van der Waals surface area contributed by atoms with Crippen molar-refractivity contribution < 1.29 is 14.6 Å². The van der Waals surface area contributed by atoms with Gasteiger partial charge in [0.05, 0.1) is 12.2 Å². The number of rotatable bonds is 4. The first-order valence-corrected chi connectivity index (χ1v) is 12.9. The first kappa shape index (κ1) is 21.9. The van der Waals surface area contributed by atoms with E-state index in [1.165, 1.54) is 50.7 Å². The molecular weight excluding hydrogens is 387 g/mol. The van der Waals surface area contributed by atoms with Gasteiger partial charge in [-0.1, -0.05) is 26.0 Å². The van der Waals surface area contributed by atoms with E-state index >= 15 is 0 Å². The van der Waals surface area contributed by atoms with Crippen molar-refractivity contribution in [2.75, 3.05) is 0 Å². The molecule has 0 unspecified atom stereocenters. The molecule has 1 aromatic carbocycles. The third-order valence-electron chi connectivity index (χ3n) is 10.8. The number of hydrogen-bond acceptors (Lipinski definition) is 2. The van der Waals surface area contributed by atoms with Gasteiger partial charge in [0.25, 0.3) is 0 Å².